The fraction of sp³-hybridized carbons (Fsp3) is 0.667. The highest BCUT2D eigenvalue weighted by Gasteiger charge is 1.87. The summed E-state index contributed by atoms with van der Waals surface area (Å²) in [5.41, 5.74) is 0. The van der Waals surface area contributed by atoms with Crippen molar-refractivity contribution in [3.8, 4) is 0 Å². The van der Waals surface area contributed by atoms with Crippen molar-refractivity contribution < 1.29 is 0 Å². The van der Waals surface area contributed by atoms with Crippen molar-refractivity contribution in [2.45, 2.75) is 25.5 Å². The number of hydrogen-bond acceptors (Lipinski definition) is 1. The summed E-state index contributed by atoms with van der Waals surface area (Å²) in [6, 6.07) is 0. The van der Waals surface area contributed by atoms with Crippen LogP contribution in [0.1, 0.15) is 20.3 Å². The number of hydrogen-bond donors (Lipinski definition) is 1. The Labute approximate surface area is 51.0 Å². The van der Waals surface area contributed by atoms with Crippen LogP contribution in [0.4, 0.5) is 0 Å². The summed E-state index contributed by atoms with van der Waals surface area (Å²) < 4.78 is 0. The molecule has 0 aliphatic heterocycles. The normalized spacial score (nSPS) is 15.3. The van der Waals surface area contributed by atoms with E-state index in [0.29, 0.717) is 5.25 Å². The molecule has 1 unspecified atom stereocenters. The van der Waals surface area contributed by atoms with Crippen LogP contribution in [0.15, 0.2) is 12.2 Å². The molecule has 0 aromatic rings. The topological polar surface area (TPSA) is 0 Å². The molecule has 0 saturated carbocycles. The third-order valence-electron chi connectivity index (χ3n) is 0.833. The summed E-state index contributed by atoms with van der Waals surface area (Å²) in [6.07, 6.45) is 5.23. The molecule has 0 heterocycles. The van der Waals surface area contributed by atoms with Crippen molar-refractivity contribution in [1.82, 2.24) is 0 Å². The van der Waals surface area contributed by atoms with Crippen molar-refractivity contribution in [2.24, 2.45) is 0 Å². The Morgan fingerprint density at radius 1 is 1.71 bits per heavy atom. The third-order valence-corrected chi connectivity index (χ3v) is 1.37. The molecule has 0 N–H and O–H groups in total. The maximum Gasteiger partial charge on any atom is 0.0194 e. The van der Waals surface area contributed by atoms with Crippen molar-refractivity contribution >= 4 is 12.6 Å². The average Bonchev–Trinajstić information content (AvgIpc) is 1.68. The highest BCUT2D eigenvalue weighted by Crippen LogP contribution is 2.00. The summed E-state index contributed by atoms with van der Waals surface area (Å²) in [6.45, 7) is 4.14. The summed E-state index contributed by atoms with van der Waals surface area (Å²) in [5.74, 6) is 0. The molecular weight excluding hydrogens is 104 g/mol. The van der Waals surface area contributed by atoms with Crippen LogP contribution in [-0.2, 0) is 0 Å². The minimum Gasteiger partial charge on any atom is -0.172 e. The molecule has 0 saturated heterocycles. The van der Waals surface area contributed by atoms with Crippen LogP contribution in [0, 0.1) is 0 Å². The maximum absolute atomic E-state index is 4.22. The molecule has 0 spiro atoms. The van der Waals surface area contributed by atoms with Crippen molar-refractivity contribution in [3.63, 3.8) is 0 Å². The van der Waals surface area contributed by atoms with Gasteiger partial charge in [-0.1, -0.05) is 19.1 Å². The first-order chi connectivity index (χ1) is 3.31. The van der Waals surface area contributed by atoms with Crippen LogP contribution in [0.25, 0.3) is 0 Å². The largest absolute Gasteiger partial charge is 0.172 e. The van der Waals surface area contributed by atoms with Crippen LogP contribution < -0.4 is 0 Å². The van der Waals surface area contributed by atoms with E-state index in [1.165, 1.54) is 0 Å². The first-order valence-corrected chi connectivity index (χ1v) is 3.13. The zero-order valence-corrected chi connectivity index (χ0v) is 5.78. The third kappa shape index (κ3) is 3.93. The van der Waals surface area contributed by atoms with Gasteiger partial charge in [-0.3, -0.25) is 0 Å². The van der Waals surface area contributed by atoms with Gasteiger partial charge in [0, 0.05) is 5.25 Å². The van der Waals surface area contributed by atoms with Gasteiger partial charge < -0.3 is 0 Å². The highest BCUT2D eigenvalue weighted by atomic mass is 32.1. The van der Waals surface area contributed by atoms with Crippen molar-refractivity contribution in [1.29, 1.82) is 0 Å². The van der Waals surface area contributed by atoms with E-state index in [1.807, 2.05) is 13.0 Å². The van der Waals surface area contributed by atoms with Crippen molar-refractivity contribution in [3.05, 3.63) is 12.2 Å². The van der Waals surface area contributed by atoms with Gasteiger partial charge in [0.1, 0.15) is 0 Å². The Morgan fingerprint density at radius 2 is 2.29 bits per heavy atom. The molecule has 0 rings (SSSR count). The van der Waals surface area contributed by atoms with E-state index in [2.05, 4.69) is 25.6 Å². The molecule has 0 radical (unpaired) electrons. The maximum atomic E-state index is 4.22. The summed E-state index contributed by atoms with van der Waals surface area (Å²) in [4.78, 5) is 0. The van der Waals surface area contributed by atoms with Gasteiger partial charge in [0.15, 0.2) is 0 Å². The van der Waals surface area contributed by atoms with Crippen LogP contribution in [0.3, 0.4) is 0 Å². The number of thiol groups is 1. The molecular formula is C6H12S. The molecule has 0 aromatic heterocycles. The van der Waals surface area contributed by atoms with E-state index in [-0.39, 0.29) is 0 Å². The lowest BCUT2D eigenvalue weighted by molar-refractivity contribution is 0.982. The quantitative estimate of drug-likeness (QED) is 0.415. The van der Waals surface area contributed by atoms with E-state index in [0.717, 1.165) is 6.42 Å². The predicted molar refractivity (Wildman–Crippen MR) is 37.9 cm³/mol. The van der Waals surface area contributed by atoms with Crippen LogP contribution in [0.5, 0.6) is 0 Å². The smallest absolute Gasteiger partial charge is 0.0194 e. The molecule has 1 heteroatoms. The van der Waals surface area contributed by atoms with E-state index in [1.54, 1.807) is 0 Å². The molecule has 0 aliphatic carbocycles. The summed E-state index contributed by atoms with van der Waals surface area (Å²) in [7, 11) is 0. The minimum absolute atomic E-state index is 0.463. The van der Waals surface area contributed by atoms with Crippen LogP contribution in [0.2, 0.25) is 0 Å². The summed E-state index contributed by atoms with van der Waals surface area (Å²) in [5, 5.41) is 0.463. The fourth-order valence-corrected chi connectivity index (χ4v) is 0.530. The second-order valence-electron chi connectivity index (χ2n) is 1.50. The van der Waals surface area contributed by atoms with Gasteiger partial charge in [0.2, 0.25) is 0 Å². The first-order valence-electron chi connectivity index (χ1n) is 2.62. The predicted octanol–water partition coefficient (Wildman–Crippen LogP) is 2.27. The first kappa shape index (κ1) is 7.09. The van der Waals surface area contributed by atoms with Gasteiger partial charge in [-0.2, -0.15) is 12.6 Å². The van der Waals surface area contributed by atoms with E-state index >= 15 is 0 Å². The molecule has 0 nitrogen and oxygen atoms in total. The van der Waals surface area contributed by atoms with Crippen LogP contribution in [-0.4, -0.2) is 5.25 Å². The van der Waals surface area contributed by atoms with Gasteiger partial charge in [0.05, 0.1) is 0 Å². The lowest BCUT2D eigenvalue weighted by atomic mass is 10.3. The fourth-order valence-electron chi connectivity index (χ4n) is 0.358. The molecule has 0 aliphatic rings. The Balaban J connectivity index is 3.16. The van der Waals surface area contributed by atoms with E-state index < -0.39 is 0 Å². The second kappa shape index (κ2) is 4.25. The SMILES string of the molecule is C/C=C/C(S)CC. The Hall–Kier alpha value is 0.0900. The van der Waals surface area contributed by atoms with E-state index in [4.69, 9.17) is 0 Å². The Kier molecular flexibility index (Phi) is 4.31. The molecule has 42 valence electrons. The molecule has 0 fully saturated rings. The Morgan fingerprint density at radius 3 is 2.43 bits per heavy atom. The average molecular weight is 116 g/mol. The molecule has 0 aromatic carbocycles. The molecule has 0 bridgehead atoms. The van der Waals surface area contributed by atoms with Gasteiger partial charge in [0.25, 0.3) is 0 Å². The second-order valence-corrected chi connectivity index (χ2v) is 2.16. The highest BCUT2D eigenvalue weighted by molar-refractivity contribution is 7.81. The lowest BCUT2D eigenvalue weighted by Crippen LogP contribution is -1.86. The molecule has 0 amide bonds. The zero-order chi connectivity index (χ0) is 5.70. The number of allylic oxidation sites excluding steroid dienone is 1. The Bertz CT molecular complexity index is 57.2. The molecule has 7 heavy (non-hydrogen) atoms. The lowest BCUT2D eigenvalue weighted by Gasteiger charge is -1.94. The van der Waals surface area contributed by atoms with Gasteiger partial charge in [-0.05, 0) is 13.3 Å². The van der Waals surface area contributed by atoms with Gasteiger partial charge in [-0.15, -0.1) is 0 Å². The van der Waals surface area contributed by atoms with Crippen LogP contribution >= 0.6 is 12.6 Å². The standard InChI is InChI=1S/C6H12S/c1-3-5-6(7)4-2/h3,5-7H,4H2,1-2H3/b5-3+. The van der Waals surface area contributed by atoms with Gasteiger partial charge in [-0.25, -0.2) is 0 Å². The minimum atomic E-state index is 0.463. The number of rotatable bonds is 2. The monoisotopic (exact) mass is 116 g/mol. The van der Waals surface area contributed by atoms with E-state index in [9.17, 15) is 0 Å². The van der Waals surface area contributed by atoms with Crippen molar-refractivity contribution in [2.75, 3.05) is 0 Å². The zero-order valence-electron chi connectivity index (χ0n) is 4.89. The summed E-state index contributed by atoms with van der Waals surface area (Å²) >= 11 is 4.22. The van der Waals surface area contributed by atoms with Gasteiger partial charge >= 0.3 is 0 Å². The molecule has 1 atom stereocenters.